The van der Waals surface area contributed by atoms with Crippen molar-refractivity contribution in [2.45, 2.75) is 166 Å². The van der Waals surface area contributed by atoms with Crippen molar-refractivity contribution in [1.29, 1.82) is 0 Å². The van der Waals surface area contributed by atoms with Crippen molar-refractivity contribution in [2.75, 3.05) is 12.0 Å². The number of carbonyl (C=O) groups excluding carboxylic acids is 3. The largest absolute Gasteiger partial charge is 0.497 e. The molecule has 7 atom stereocenters. The molecule has 4 fully saturated rings. The third-order valence-corrected chi connectivity index (χ3v) is 24.6. The molecule has 7 aromatic carbocycles. The lowest BCUT2D eigenvalue weighted by Crippen LogP contribution is -2.44. The van der Waals surface area contributed by atoms with Crippen molar-refractivity contribution in [3.05, 3.63) is 232 Å². The molecule has 13 nitrogen and oxygen atoms in total. The van der Waals surface area contributed by atoms with Gasteiger partial charge in [-0.25, -0.2) is 0 Å². The molecule has 3 N–H and O–H groups in total. The number of fused-ring (bicyclic) bond motifs is 12. The van der Waals surface area contributed by atoms with Gasteiger partial charge in [-0.05, 0) is 205 Å². The summed E-state index contributed by atoms with van der Waals surface area (Å²) in [4.78, 5) is 64.4. The minimum atomic E-state index is -0.343. The maximum Gasteiger partial charge on any atom is 0.256 e. The van der Waals surface area contributed by atoms with Crippen LogP contribution in [-0.2, 0) is 33.6 Å². The molecule has 1 saturated carbocycles. The summed E-state index contributed by atoms with van der Waals surface area (Å²) in [5, 5.41) is 5.41. The lowest BCUT2D eigenvalue weighted by molar-refractivity contribution is -0.130. The van der Waals surface area contributed by atoms with E-state index in [1.165, 1.54) is 57.9 Å². The van der Waals surface area contributed by atoms with E-state index >= 15 is 0 Å². The number of carbonyl (C=O) groups is 3. The zero-order valence-electron chi connectivity index (χ0n) is 57.2. The Balaban J connectivity index is 0.000000122. The highest BCUT2D eigenvalue weighted by Crippen LogP contribution is 2.50. The van der Waals surface area contributed by atoms with Crippen molar-refractivity contribution in [3.63, 3.8) is 0 Å². The van der Waals surface area contributed by atoms with Crippen molar-refractivity contribution in [3.8, 4) is 5.75 Å². The number of rotatable bonds is 10. The van der Waals surface area contributed by atoms with Crippen LogP contribution in [0.4, 0.5) is 5.69 Å². The fraction of sp³-hybridized carbons (Fsp3) is 0.333. The van der Waals surface area contributed by atoms with E-state index in [-0.39, 0.29) is 66.1 Å². The number of benzene rings is 7. The second-order valence-corrected chi connectivity index (χ2v) is 32.3. The summed E-state index contributed by atoms with van der Waals surface area (Å²) in [5.74, 6) is 2.08. The number of H-pyrrole nitrogens is 3. The summed E-state index contributed by atoms with van der Waals surface area (Å²) in [7, 11) is 1.68. The van der Waals surface area contributed by atoms with Gasteiger partial charge in [0.05, 0.1) is 30.9 Å². The Labute approximate surface area is 625 Å². The predicted octanol–water partition coefficient (Wildman–Crippen LogP) is 19.0. The van der Waals surface area contributed by atoms with Gasteiger partial charge in [-0.1, -0.05) is 180 Å². The molecule has 3 saturated heterocycles. The van der Waals surface area contributed by atoms with Gasteiger partial charge < -0.3 is 34.4 Å². The molecular formula is C81H80Br3N9O4S3. The number of aryl methyl sites for hydroxylation is 1. The zero-order valence-corrected chi connectivity index (χ0v) is 64.5. The highest BCUT2D eigenvalue weighted by atomic mass is 79.9. The monoisotopic (exact) mass is 1580 g/mol. The van der Waals surface area contributed by atoms with Gasteiger partial charge in [-0.15, -0.1) is 0 Å². The van der Waals surface area contributed by atoms with E-state index in [1.54, 1.807) is 12.0 Å². The molecule has 6 aliphatic heterocycles. The second-order valence-electron chi connectivity index (χ2n) is 28.4. The number of hydrogen-bond acceptors (Lipinski definition) is 7. The van der Waals surface area contributed by atoms with E-state index in [0.29, 0.717) is 46.4 Å². The number of aromatic nitrogens is 3. The number of ether oxygens (including phenoxy) is 1. The predicted molar refractivity (Wildman–Crippen MR) is 422 cm³/mol. The summed E-state index contributed by atoms with van der Waals surface area (Å²) in [6, 6.07) is 51.7. The Morgan fingerprint density at radius 2 is 0.890 bits per heavy atom. The maximum absolute atomic E-state index is 13.9. The van der Waals surface area contributed by atoms with Crippen molar-refractivity contribution >= 4 is 156 Å². The zero-order chi connectivity index (χ0) is 69.9. The standard InChI is InChI=1S/C29H26BrN3OS.C26H26BrN3O2S.C26H28BrN3OS/c1-16(2)18-6-8-19(9-7-18)27-26-23(22-14-20(30)10-13-24(22)31-26)15-25-28(34)32(29(35)33(25)27)21-11-4-17(3)5-12-21;1-32-18-10-7-15(8-11-18)24-23-20(19-13-16(27)9-12-21(19)28-23)14-22-25(31)29(26(33)30(22)24)17-5-3-2-4-6-17;1-5-15(4)29-25(31)22-13-20-19-12-18(27)10-11-21(19)28-23(20)24(30(22)26(29)32)17-8-6-16(7-9-17)14(2)3/h4-14,16,25,27,31H,15H2,1-3H3;7-13,17,22,24,28H,2-6,14H2,1H3;6-12,14-15,22,24,28H,5,13H2,1-4H3. The first-order chi connectivity index (χ1) is 48.2. The highest BCUT2D eigenvalue weighted by molar-refractivity contribution is 9.11. The van der Waals surface area contributed by atoms with E-state index in [4.69, 9.17) is 41.4 Å². The molecule has 100 heavy (non-hydrogen) atoms. The lowest BCUT2D eigenvalue weighted by Gasteiger charge is -2.38. The van der Waals surface area contributed by atoms with Crippen LogP contribution in [0.25, 0.3) is 32.7 Å². The van der Waals surface area contributed by atoms with E-state index in [2.05, 4.69) is 222 Å². The van der Waals surface area contributed by atoms with E-state index in [0.717, 1.165) is 105 Å². The SMILES string of the molecule is CCC(C)N1C(=O)C2Cc3c([nH]c4ccc(Br)cc34)C(c3ccc(C(C)C)cc3)N2C1=S.COc1ccc(C2c3[nH]c4ccc(Br)cc4c3CC3C(=O)N(C4CCCCC4)C(=S)N32)cc1.Cc1ccc(N2C(=O)C3Cc4c([nH]c5ccc(Br)cc45)C(c4ccc(C(C)C)cc4)N3C2=S)cc1. The average Bonchev–Trinajstić information content (AvgIpc) is 1.57. The van der Waals surface area contributed by atoms with Crippen LogP contribution in [0.3, 0.4) is 0 Å². The van der Waals surface area contributed by atoms with Gasteiger partial charge >= 0.3 is 0 Å². The molecule has 3 aromatic heterocycles. The highest BCUT2D eigenvalue weighted by Gasteiger charge is 2.55. The molecule has 0 spiro atoms. The van der Waals surface area contributed by atoms with Crippen LogP contribution in [0, 0.1) is 6.92 Å². The summed E-state index contributed by atoms with van der Waals surface area (Å²) >= 11 is 28.9. The Morgan fingerprint density at radius 3 is 1.31 bits per heavy atom. The third-order valence-electron chi connectivity index (χ3n) is 21.9. The van der Waals surface area contributed by atoms with Crippen LogP contribution in [0.15, 0.2) is 165 Å². The number of nitrogens with one attached hydrogen (secondary N) is 3. The van der Waals surface area contributed by atoms with E-state index < -0.39 is 0 Å². The van der Waals surface area contributed by atoms with Gasteiger partial charge in [0.15, 0.2) is 15.3 Å². The molecule has 9 heterocycles. The first-order valence-corrected chi connectivity index (χ1v) is 38.6. The third kappa shape index (κ3) is 11.8. The Morgan fingerprint density at radius 1 is 0.490 bits per heavy atom. The molecule has 1 aliphatic carbocycles. The van der Waals surface area contributed by atoms with Crippen molar-refractivity contribution in [1.82, 2.24) is 39.5 Å². The van der Waals surface area contributed by atoms with Gasteiger partial charge in [-0.2, -0.15) is 0 Å². The fourth-order valence-corrected chi connectivity index (χ4v) is 19.0. The number of methoxy groups -OCH3 is 1. The summed E-state index contributed by atoms with van der Waals surface area (Å²) in [6.07, 6.45) is 8.50. The molecule has 19 heteroatoms. The molecular weight excluding hydrogens is 1500 g/mol. The van der Waals surface area contributed by atoms with Crippen molar-refractivity contribution < 1.29 is 19.1 Å². The first kappa shape index (κ1) is 68.3. The smallest absolute Gasteiger partial charge is 0.256 e. The molecule has 7 aliphatic rings. The van der Waals surface area contributed by atoms with Crippen LogP contribution in [-0.4, -0.2) is 110 Å². The minimum absolute atomic E-state index is 0.0395. The Hall–Kier alpha value is -7.52. The normalized spacial score (nSPS) is 21.4. The Kier molecular flexibility index (Phi) is 18.7. The van der Waals surface area contributed by atoms with Gasteiger partial charge in [0.2, 0.25) is 0 Å². The fourth-order valence-electron chi connectivity index (χ4n) is 16.5. The minimum Gasteiger partial charge on any atom is -0.497 e. The van der Waals surface area contributed by atoms with Gasteiger partial charge in [0.25, 0.3) is 17.7 Å². The number of halogens is 3. The van der Waals surface area contributed by atoms with E-state index in [1.807, 2.05) is 65.3 Å². The maximum atomic E-state index is 13.9. The first-order valence-electron chi connectivity index (χ1n) is 35.0. The topological polar surface area (TPSA) is 127 Å². The lowest BCUT2D eigenvalue weighted by atomic mass is 9.88. The number of anilines is 1. The number of amides is 3. The van der Waals surface area contributed by atoms with Crippen LogP contribution in [0.1, 0.15) is 177 Å². The summed E-state index contributed by atoms with van der Waals surface area (Å²) in [5.41, 5.74) is 18.3. The van der Waals surface area contributed by atoms with Gasteiger partial charge in [0.1, 0.15) is 23.9 Å². The van der Waals surface area contributed by atoms with Gasteiger partial charge in [0, 0.05) is 94.6 Å². The van der Waals surface area contributed by atoms with Crippen LogP contribution < -0.4 is 9.64 Å². The molecule has 10 aromatic rings. The second kappa shape index (κ2) is 27.3. The average molecular weight is 1580 g/mol. The Bertz CT molecular complexity index is 4910. The molecule has 0 radical (unpaired) electrons. The molecule has 0 bridgehead atoms. The van der Waals surface area contributed by atoms with Crippen LogP contribution in [0.2, 0.25) is 0 Å². The summed E-state index contributed by atoms with van der Waals surface area (Å²) in [6.45, 7) is 15.0. The van der Waals surface area contributed by atoms with Crippen LogP contribution >= 0.6 is 84.4 Å². The van der Waals surface area contributed by atoms with Gasteiger partial charge in [-0.3, -0.25) is 29.1 Å². The number of nitrogens with zero attached hydrogens (tertiary/aromatic N) is 6. The number of thiocarbonyl (C=S) groups is 3. The number of hydrogen-bond donors (Lipinski definition) is 3. The molecule has 512 valence electrons. The van der Waals surface area contributed by atoms with Crippen LogP contribution in [0.5, 0.6) is 5.75 Å². The number of aromatic amines is 3. The summed E-state index contributed by atoms with van der Waals surface area (Å²) < 4.78 is 8.51. The van der Waals surface area contributed by atoms with E-state index in [9.17, 15) is 14.4 Å². The molecule has 7 unspecified atom stereocenters. The quantitative estimate of drug-likeness (QED) is 0.114. The van der Waals surface area contributed by atoms with Crippen molar-refractivity contribution in [2.24, 2.45) is 0 Å². The molecule has 17 rings (SSSR count). The molecule has 3 amide bonds.